The van der Waals surface area contributed by atoms with Crippen molar-refractivity contribution < 1.29 is 14.3 Å². The number of hydrogen-bond acceptors (Lipinski definition) is 3. The lowest BCUT2D eigenvalue weighted by atomic mass is 9.95. The van der Waals surface area contributed by atoms with Crippen molar-refractivity contribution in [2.24, 2.45) is 0 Å². The van der Waals surface area contributed by atoms with Gasteiger partial charge in [-0.2, -0.15) is 0 Å². The van der Waals surface area contributed by atoms with E-state index in [2.05, 4.69) is 5.32 Å². The van der Waals surface area contributed by atoms with Gasteiger partial charge in [0.2, 0.25) is 5.91 Å². The average Bonchev–Trinajstić information content (AvgIpc) is 2.30. The number of hydrogen-bond donors (Lipinski definition) is 1. The first-order valence-electron chi connectivity index (χ1n) is 5.79. The molecule has 1 aromatic rings. The van der Waals surface area contributed by atoms with Crippen LogP contribution >= 0.6 is 0 Å². The zero-order valence-corrected chi connectivity index (χ0v) is 11.5. The molecule has 18 heavy (non-hydrogen) atoms. The molecule has 0 bridgehead atoms. The van der Waals surface area contributed by atoms with Crippen LogP contribution in [0.15, 0.2) is 12.1 Å². The number of rotatable bonds is 3. The molecule has 0 aliphatic rings. The number of benzene rings is 1. The van der Waals surface area contributed by atoms with Gasteiger partial charge in [0, 0.05) is 6.92 Å². The predicted octanol–water partition coefficient (Wildman–Crippen LogP) is 1.96. The van der Waals surface area contributed by atoms with Crippen LogP contribution in [0.25, 0.3) is 0 Å². The van der Waals surface area contributed by atoms with Crippen molar-refractivity contribution in [3.63, 3.8) is 0 Å². The fraction of sp³-hybridized carbons (Fsp3) is 0.429. The Kier molecular flexibility index (Phi) is 4.48. The topological polar surface area (TPSA) is 55.4 Å². The van der Waals surface area contributed by atoms with E-state index in [-0.39, 0.29) is 5.91 Å². The van der Waals surface area contributed by atoms with Gasteiger partial charge in [-0.15, -0.1) is 0 Å². The molecule has 0 heterocycles. The number of methoxy groups -OCH3 is 1. The van der Waals surface area contributed by atoms with Crippen molar-refractivity contribution >= 4 is 11.9 Å². The molecule has 0 saturated heterocycles. The first kappa shape index (κ1) is 14.2. The van der Waals surface area contributed by atoms with Gasteiger partial charge in [0.1, 0.15) is 0 Å². The zero-order chi connectivity index (χ0) is 13.9. The Hall–Kier alpha value is -1.84. The Balaban J connectivity index is 3.24. The van der Waals surface area contributed by atoms with Crippen molar-refractivity contribution in [1.29, 1.82) is 0 Å². The van der Waals surface area contributed by atoms with Gasteiger partial charge in [-0.3, -0.25) is 4.79 Å². The molecule has 1 rings (SSSR count). The molecule has 1 aromatic carbocycles. The number of nitrogens with one attached hydrogen (secondary N) is 1. The third kappa shape index (κ3) is 3.09. The maximum Gasteiger partial charge on any atom is 0.333 e. The van der Waals surface area contributed by atoms with Gasteiger partial charge in [-0.1, -0.05) is 12.1 Å². The molecule has 0 fully saturated rings. The van der Waals surface area contributed by atoms with Crippen LogP contribution in [-0.4, -0.2) is 19.0 Å². The van der Waals surface area contributed by atoms with E-state index in [1.807, 2.05) is 32.9 Å². The van der Waals surface area contributed by atoms with E-state index in [0.717, 1.165) is 22.3 Å². The van der Waals surface area contributed by atoms with E-state index < -0.39 is 12.0 Å². The molecule has 1 N–H and O–H groups in total. The van der Waals surface area contributed by atoms with E-state index in [0.29, 0.717) is 0 Å². The van der Waals surface area contributed by atoms with E-state index in [4.69, 9.17) is 4.74 Å². The number of esters is 1. The van der Waals surface area contributed by atoms with Crippen molar-refractivity contribution in [3.8, 4) is 0 Å². The summed E-state index contributed by atoms with van der Waals surface area (Å²) < 4.78 is 4.74. The van der Waals surface area contributed by atoms with Crippen molar-refractivity contribution in [2.45, 2.75) is 33.7 Å². The molecule has 1 atom stereocenters. The van der Waals surface area contributed by atoms with Crippen molar-refractivity contribution in [2.75, 3.05) is 7.11 Å². The smallest absolute Gasteiger partial charge is 0.333 e. The predicted molar refractivity (Wildman–Crippen MR) is 69.2 cm³/mol. The number of amides is 1. The highest BCUT2D eigenvalue weighted by Crippen LogP contribution is 2.22. The summed E-state index contributed by atoms with van der Waals surface area (Å²) in [6, 6.07) is 3.18. The quantitative estimate of drug-likeness (QED) is 0.833. The molecule has 0 aliphatic carbocycles. The lowest BCUT2D eigenvalue weighted by Crippen LogP contribution is -2.33. The Morgan fingerprint density at radius 1 is 1.11 bits per heavy atom. The van der Waals surface area contributed by atoms with Gasteiger partial charge in [-0.05, 0) is 43.0 Å². The van der Waals surface area contributed by atoms with Gasteiger partial charge < -0.3 is 10.1 Å². The molecule has 4 heteroatoms. The summed E-state index contributed by atoms with van der Waals surface area (Å²) in [5, 5.41) is 2.62. The molecule has 0 saturated carbocycles. The van der Waals surface area contributed by atoms with E-state index in [1.165, 1.54) is 14.0 Å². The van der Waals surface area contributed by atoms with Crippen molar-refractivity contribution in [1.82, 2.24) is 5.32 Å². The van der Waals surface area contributed by atoms with Crippen LogP contribution in [0, 0.1) is 20.8 Å². The second kappa shape index (κ2) is 5.67. The van der Waals surface area contributed by atoms with Crippen LogP contribution in [-0.2, 0) is 14.3 Å². The maximum absolute atomic E-state index is 11.8. The summed E-state index contributed by atoms with van der Waals surface area (Å²) in [5.74, 6) is -0.723. The first-order valence-corrected chi connectivity index (χ1v) is 5.79. The third-order valence-electron chi connectivity index (χ3n) is 2.98. The molecular formula is C14H19NO3. The first-order chi connectivity index (χ1) is 8.36. The molecule has 1 amide bonds. The number of carbonyl (C=O) groups excluding carboxylic acids is 2. The monoisotopic (exact) mass is 249 g/mol. The largest absolute Gasteiger partial charge is 0.467 e. The minimum atomic E-state index is -0.744. The third-order valence-corrected chi connectivity index (χ3v) is 2.98. The Labute approximate surface area is 107 Å². The molecule has 0 spiro atoms. The lowest BCUT2D eigenvalue weighted by Gasteiger charge is -2.19. The van der Waals surface area contributed by atoms with Gasteiger partial charge in [0.25, 0.3) is 0 Å². The van der Waals surface area contributed by atoms with Crippen molar-refractivity contribution in [3.05, 3.63) is 34.4 Å². The molecule has 4 nitrogen and oxygen atoms in total. The van der Waals surface area contributed by atoms with Gasteiger partial charge in [-0.25, -0.2) is 4.79 Å². The zero-order valence-electron chi connectivity index (χ0n) is 11.5. The van der Waals surface area contributed by atoms with Gasteiger partial charge in [0.15, 0.2) is 6.04 Å². The van der Waals surface area contributed by atoms with Crippen LogP contribution in [0.1, 0.15) is 35.2 Å². The lowest BCUT2D eigenvalue weighted by molar-refractivity contribution is -0.145. The standard InChI is InChI=1S/C14H19NO3/c1-8-6-10(3)12(7-9(8)2)13(14(17)18-5)15-11(4)16/h6-7,13H,1-5H3,(H,15,16). The highest BCUT2D eigenvalue weighted by Gasteiger charge is 2.24. The van der Waals surface area contributed by atoms with Crippen LogP contribution in [0.3, 0.4) is 0 Å². The summed E-state index contributed by atoms with van der Waals surface area (Å²) in [7, 11) is 1.31. The number of ether oxygens (including phenoxy) is 1. The minimum Gasteiger partial charge on any atom is -0.467 e. The summed E-state index contributed by atoms with van der Waals surface area (Å²) in [4.78, 5) is 23.0. The molecule has 0 aromatic heterocycles. The van der Waals surface area contributed by atoms with Gasteiger partial charge >= 0.3 is 5.97 Å². The normalized spacial score (nSPS) is 11.8. The summed E-state index contributed by atoms with van der Waals surface area (Å²) in [6.07, 6.45) is 0. The van der Waals surface area contributed by atoms with E-state index in [1.54, 1.807) is 0 Å². The Morgan fingerprint density at radius 3 is 2.17 bits per heavy atom. The van der Waals surface area contributed by atoms with Gasteiger partial charge in [0.05, 0.1) is 7.11 Å². The molecule has 0 aliphatic heterocycles. The summed E-state index contributed by atoms with van der Waals surface area (Å²) in [6.45, 7) is 7.28. The minimum absolute atomic E-state index is 0.261. The molecule has 1 unspecified atom stereocenters. The van der Waals surface area contributed by atoms with Crippen LogP contribution in [0.2, 0.25) is 0 Å². The second-order valence-corrected chi connectivity index (χ2v) is 4.45. The van der Waals surface area contributed by atoms with E-state index in [9.17, 15) is 9.59 Å². The van der Waals surface area contributed by atoms with Crippen LogP contribution in [0.5, 0.6) is 0 Å². The van der Waals surface area contributed by atoms with Crippen LogP contribution < -0.4 is 5.32 Å². The molecule has 98 valence electrons. The van der Waals surface area contributed by atoms with E-state index >= 15 is 0 Å². The summed E-state index contributed by atoms with van der Waals surface area (Å²) >= 11 is 0. The summed E-state index contributed by atoms with van der Waals surface area (Å²) in [5.41, 5.74) is 3.97. The highest BCUT2D eigenvalue weighted by atomic mass is 16.5. The fourth-order valence-electron chi connectivity index (χ4n) is 1.88. The second-order valence-electron chi connectivity index (χ2n) is 4.45. The molecular weight excluding hydrogens is 230 g/mol. The Bertz CT molecular complexity index is 480. The Morgan fingerprint density at radius 2 is 1.67 bits per heavy atom. The molecule has 0 radical (unpaired) electrons. The van der Waals surface area contributed by atoms with Crippen LogP contribution in [0.4, 0.5) is 0 Å². The SMILES string of the molecule is COC(=O)C(NC(C)=O)c1cc(C)c(C)cc1C. The average molecular weight is 249 g/mol. The number of carbonyl (C=O) groups is 2. The maximum atomic E-state index is 11.8. The highest BCUT2D eigenvalue weighted by molar-refractivity contribution is 5.84. The number of aryl methyl sites for hydroxylation is 3. The fourth-order valence-corrected chi connectivity index (χ4v) is 1.88.